The van der Waals surface area contributed by atoms with E-state index in [-0.39, 0.29) is 18.2 Å². The first kappa shape index (κ1) is 22.3. The number of hydrogen-bond acceptors (Lipinski definition) is 3. The fourth-order valence-corrected chi connectivity index (χ4v) is 3.00. The molecule has 0 atom stereocenters. The maximum Gasteiger partial charge on any atom is 0.224 e. The molecule has 0 fully saturated rings. The molecule has 2 rings (SSSR count). The summed E-state index contributed by atoms with van der Waals surface area (Å²) in [6.45, 7) is 2.26. The van der Waals surface area contributed by atoms with E-state index in [0.717, 1.165) is 6.42 Å². The van der Waals surface area contributed by atoms with E-state index in [1.165, 1.54) is 0 Å². The Morgan fingerprint density at radius 2 is 1.68 bits per heavy atom. The van der Waals surface area contributed by atoms with Crippen LogP contribution < -0.4 is 15.4 Å². The summed E-state index contributed by atoms with van der Waals surface area (Å²) in [6, 6.07) is 9.92. The second-order valence-corrected chi connectivity index (χ2v) is 7.32. The predicted molar refractivity (Wildman–Crippen MR) is 115 cm³/mol. The molecule has 0 heterocycles. The summed E-state index contributed by atoms with van der Waals surface area (Å²) in [5.41, 5.74) is 1.03. The first-order valence-corrected chi connectivity index (χ1v) is 9.99. The van der Waals surface area contributed by atoms with Gasteiger partial charge in [0.2, 0.25) is 11.8 Å². The zero-order valence-corrected chi connectivity index (χ0v) is 17.6. The van der Waals surface area contributed by atoms with Gasteiger partial charge in [-0.1, -0.05) is 41.7 Å². The number of amides is 2. The van der Waals surface area contributed by atoms with Crippen LogP contribution in [-0.4, -0.2) is 18.4 Å². The second kappa shape index (κ2) is 11.1. The Labute approximate surface area is 179 Å². The fraction of sp³-hybridized carbons (Fsp3) is 0.300. The molecule has 2 amide bonds. The summed E-state index contributed by atoms with van der Waals surface area (Å²) in [5, 5.41) is 6.87. The average molecular weight is 444 g/mol. The van der Waals surface area contributed by atoms with E-state index >= 15 is 0 Å². The first-order chi connectivity index (χ1) is 13.4. The van der Waals surface area contributed by atoms with Gasteiger partial charge in [0.1, 0.15) is 5.75 Å². The normalized spacial score (nSPS) is 10.4. The molecule has 0 saturated carbocycles. The molecule has 0 radical (unpaired) electrons. The van der Waals surface area contributed by atoms with Gasteiger partial charge in [0, 0.05) is 23.6 Å². The van der Waals surface area contributed by atoms with Crippen molar-refractivity contribution in [3.8, 4) is 5.75 Å². The Morgan fingerprint density at radius 1 is 0.929 bits per heavy atom. The van der Waals surface area contributed by atoms with Crippen LogP contribution in [0.1, 0.15) is 32.6 Å². The smallest absolute Gasteiger partial charge is 0.224 e. The monoisotopic (exact) mass is 442 g/mol. The van der Waals surface area contributed by atoms with Gasteiger partial charge in [-0.15, -0.1) is 0 Å². The van der Waals surface area contributed by atoms with Crippen molar-refractivity contribution in [1.82, 2.24) is 0 Å². The molecule has 0 unspecified atom stereocenters. The molecule has 0 saturated heterocycles. The van der Waals surface area contributed by atoms with Crippen molar-refractivity contribution in [2.24, 2.45) is 0 Å². The van der Waals surface area contributed by atoms with Crippen LogP contribution in [0.2, 0.25) is 15.1 Å². The van der Waals surface area contributed by atoms with Gasteiger partial charge in [-0.3, -0.25) is 9.59 Å². The molecular formula is C20H21Cl3N2O3. The Morgan fingerprint density at radius 3 is 2.39 bits per heavy atom. The standard InChI is InChI=1S/C20H21Cl3N2O3/c1-2-4-19(26)24-14-7-8-15(22)17(12-14)25-20(27)5-3-10-28-18-9-6-13(21)11-16(18)23/h6-9,11-12H,2-5,10H2,1H3,(H,24,26)(H,25,27). The van der Waals surface area contributed by atoms with Crippen molar-refractivity contribution in [3.63, 3.8) is 0 Å². The minimum Gasteiger partial charge on any atom is -0.492 e. The number of carbonyl (C=O) groups excluding carboxylic acids is 2. The highest BCUT2D eigenvalue weighted by Crippen LogP contribution is 2.28. The number of hydrogen-bond donors (Lipinski definition) is 2. The molecule has 2 aromatic rings. The van der Waals surface area contributed by atoms with Gasteiger partial charge in [-0.2, -0.15) is 0 Å². The highest BCUT2D eigenvalue weighted by Gasteiger charge is 2.09. The summed E-state index contributed by atoms with van der Waals surface area (Å²) in [4.78, 5) is 23.9. The summed E-state index contributed by atoms with van der Waals surface area (Å²) in [6.07, 6.45) is 1.93. The summed E-state index contributed by atoms with van der Waals surface area (Å²) >= 11 is 18.0. The maximum absolute atomic E-state index is 12.2. The molecule has 2 aromatic carbocycles. The number of nitrogens with one attached hydrogen (secondary N) is 2. The van der Waals surface area contributed by atoms with Crippen LogP contribution in [0, 0.1) is 0 Å². The maximum atomic E-state index is 12.2. The van der Waals surface area contributed by atoms with Gasteiger partial charge >= 0.3 is 0 Å². The minimum atomic E-state index is -0.204. The first-order valence-electron chi connectivity index (χ1n) is 8.86. The Bertz CT molecular complexity index is 843. The van der Waals surface area contributed by atoms with Crippen molar-refractivity contribution < 1.29 is 14.3 Å². The number of carbonyl (C=O) groups is 2. The van der Waals surface area contributed by atoms with Crippen LogP contribution in [0.3, 0.4) is 0 Å². The quantitative estimate of drug-likeness (QED) is 0.454. The zero-order chi connectivity index (χ0) is 20.5. The molecule has 5 nitrogen and oxygen atoms in total. The van der Waals surface area contributed by atoms with E-state index in [2.05, 4.69) is 10.6 Å². The third-order valence-corrected chi connectivity index (χ3v) is 4.56. The Balaban J connectivity index is 1.82. The predicted octanol–water partition coefficient (Wildman–Crippen LogP) is 6.18. The lowest BCUT2D eigenvalue weighted by molar-refractivity contribution is -0.117. The fourth-order valence-electron chi connectivity index (χ4n) is 2.37. The molecule has 0 aliphatic rings. The lowest BCUT2D eigenvalue weighted by Crippen LogP contribution is -2.14. The summed E-state index contributed by atoms with van der Waals surface area (Å²) in [7, 11) is 0. The van der Waals surface area contributed by atoms with Crippen LogP contribution in [-0.2, 0) is 9.59 Å². The van der Waals surface area contributed by atoms with E-state index in [0.29, 0.717) is 51.6 Å². The van der Waals surface area contributed by atoms with Gasteiger partial charge in [-0.05, 0) is 49.2 Å². The molecule has 2 N–H and O–H groups in total. The van der Waals surface area contributed by atoms with Gasteiger partial charge in [0.25, 0.3) is 0 Å². The van der Waals surface area contributed by atoms with Crippen LogP contribution in [0.15, 0.2) is 36.4 Å². The molecule has 0 spiro atoms. The number of benzene rings is 2. The molecule has 0 bridgehead atoms. The SMILES string of the molecule is CCCC(=O)Nc1ccc(Cl)c(NC(=O)CCCOc2ccc(Cl)cc2Cl)c1. The molecule has 8 heteroatoms. The van der Waals surface area contributed by atoms with Crippen molar-refractivity contribution in [2.75, 3.05) is 17.2 Å². The second-order valence-electron chi connectivity index (χ2n) is 6.07. The third kappa shape index (κ3) is 7.23. The van der Waals surface area contributed by atoms with Crippen molar-refractivity contribution >= 4 is 58.0 Å². The minimum absolute atomic E-state index is 0.0832. The largest absolute Gasteiger partial charge is 0.492 e. The highest BCUT2D eigenvalue weighted by molar-refractivity contribution is 6.35. The number of rotatable bonds is 9. The Hall–Kier alpha value is -1.95. The summed E-state index contributed by atoms with van der Waals surface area (Å²) in [5.74, 6) is 0.231. The third-order valence-electron chi connectivity index (χ3n) is 3.70. The van der Waals surface area contributed by atoms with Crippen molar-refractivity contribution in [3.05, 3.63) is 51.5 Å². The van der Waals surface area contributed by atoms with Crippen LogP contribution in [0.4, 0.5) is 11.4 Å². The summed E-state index contributed by atoms with van der Waals surface area (Å²) < 4.78 is 5.56. The van der Waals surface area contributed by atoms with Gasteiger partial charge in [0.05, 0.1) is 22.3 Å². The Kier molecular flexibility index (Phi) is 8.90. The highest BCUT2D eigenvalue weighted by atomic mass is 35.5. The molecular weight excluding hydrogens is 423 g/mol. The van der Waals surface area contributed by atoms with E-state index in [1.54, 1.807) is 36.4 Å². The molecule has 0 aliphatic carbocycles. The van der Waals surface area contributed by atoms with Crippen LogP contribution >= 0.6 is 34.8 Å². The van der Waals surface area contributed by atoms with E-state index in [4.69, 9.17) is 39.5 Å². The van der Waals surface area contributed by atoms with Crippen molar-refractivity contribution in [1.29, 1.82) is 0 Å². The van der Waals surface area contributed by atoms with E-state index in [1.807, 2.05) is 6.92 Å². The van der Waals surface area contributed by atoms with Gasteiger partial charge < -0.3 is 15.4 Å². The average Bonchev–Trinajstić information content (AvgIpc) is 2.63. The van der Waals surface area contributed by atoms with Gasteiger partial charge in [0.15, 0.2) is 0 Å². The van der Waals surface area contributed by atoms with Crippen molar-refractivity contribution in [2.45, 2.75) is 32.6 Å². The number of ether oxygens (including phenoxy) is 1. The molecule has 0 aliphatic heterocycles. The molecule has 150 valence electrons. The van der Waals surface area contributed by atoms with Gasteiger partial charge in [-0.25, -0.2) is 0 Å². The molecule has 0 aromatic heterocycles. The number of anilines is 2. The topological polar surface area (TPSA) is 67.4 Å². The lowest BCUT2D eigenvalue weighted by atomic mass is 10.2. The van der Waals surface area contributed by atoms with Crippen LogP contribution in [0.5, 0.6) is 5.75 Å². The number of halogens is 3. The molecule has 28 heavy (non-hydrogen) atoms. The zero-order valence-electron chi connectivity index (χ0n) is 15.4. The lowest BCUT2D eigenvalue weighted by Gasteiger charge is -2.11. The van der Waals surface area contributed by atoms with E-state index in [9.17, 15) is 9.59 Å². The van der Waals surface area contributed by atoms with E-state index < -0.39 is 0 Å². The van der Waals surface area contributed by atoms with Crippen LogP contribution in [0.25, 0.3) is 0 Å².